The molecule has 0 radical (unpaired) electrons. The maximum Gasteiger partial charge on any atom is 0.244 e. The number of sulfonamides is 1. The zero-order valence-electron chi connectivity index (χ0n) is 14.6. The molecule has 1 aromatic rings. The first kappa shape index (κ1) is 19.1. The Kier molecular flexibility index (Phi) is 6.60. The van der Waals surface area contributed by atoms with Crippen molar-refractivity contribution in [2.75, 3.05) is 33.3 Å². The molecule has 2 atom stereocenters. The van der Waals surface area contributed by atoms with Gasteiger partial charge in [0.2, 0.25) is 10.0 Å². The Morgan fingerprint density at radius 3 is 2.58 bits per heavy atom. The first-order chi connectivity index (χ1) is 11.3. The van der Waals surface area contributed by atoms with Gasteiger partial charge in [-0.2, -0.15) is 0 Å². The van der Waals surface area contributed by atoms with Crippen molar-refractivity contribution in [2.24, 2.45) is 11.8 Å². The minimum atomic E-state index is -3.78. The zero-order valence-corrected chi connectivity index (χ0v) is 15.4. The van der Waals surface area contributed by atoms with Gasteiger partial charge in [0, 0.05) is 19.6 Å². The van der Waals surface area contributed by atoms with Gasteiger partial charge >= 0.3 is 0 Å². The van der Waals surface area contributed by atoms with Gasteiger partial charge < -0.3 is 9.64 Å². The molecule has 0 saturated carbocycles. The number of benzene rings is 1. The van der Waals surface area contributed by atoms with Crippen molar-refractivity contribution in [3.63, 3.8) is 0 Å². The summed E-state index contributed by atoms with van der Waals surface area (Å²) in [6.45, 7) is 7.81. The zero-order chi connectivity index (χ0) is 17.7. The molecule has 0 amide bonds. The average molecular weight is 358 g/mol. The van der Waals surface area contributed by atoms with Gasteiger partial charge in [0.1, 0.15) is 16.5 Å². The summed E-state index contributed by atoms with van der Waals surface area (Å²) in [5.41, 5.74) is 0. The SMILES string of the molecule is COc1ccc(F)cc1S(=O)(=O)NCCCN1C[C@H](C)C[C@@H](C)C1. The van der Waals surface area contributed by atoms with Crippen LogP contribution in [0.15, 0.2) is 23.1 Å². The van der Waals surface area contributed by atoms with Crippen molar-refractivity contribution in [3.8, 4) is 5.75 Å². The molecule has 0 aliphatic carbocycles. The van der Waals surface area contributed by atoms with E-state index in [2.05, 4.69) is 23.5 Å². The molecule has 1 saturated heterocycles. The second kappa shape index (κ2) is 8.27. The molecular formula is C17H27FN2O3S. The molecule has 0 unspecified atom stereocenters. The van der Waals surface area contributed by atoms with E-state index in [-0.39, 0.29) is 10.6 Å². The first-order valence-electron chi connectivity index (χ1n) is 8.37. The molecule has 1 aliphatic heterocycles. The van der Waals surface area contributed by atoms with Gasteiger partial charge in [-0.3, -0.25) is 0 Å². The lowest BCUT2D eigenvalue weighted by Crippen LogP contribution is -2.40. The van der Waals surface area contributed by atoms with E-state index in [4.69, 9.17) is 4.74 Å². The Bertz CT molecular complexity index is 641. The smallest absolute Gasteiger partial charge is 0.244 e. The molecule has 1 aromatic carbocycles. The van der Waals surface area contributed by atoms with Crippen molar-refractivity contribution in [1.82, 2.24) is 9.62 Å². The molecule has 136 valence electrons. The minimum Gasteiger partial charge on any atom is -0.495 e. The van der Waals surface area contributed by atoms with Gasteiger partial charge in [-0.15, -0.1) is 0 Å². The molecule has 0 spiro atoms. The molecule has 24 heavy (non-hydrogen) atoms. The number of methoxy groups -OCH3 is 1. The number of likely N-dealkylation sites (tertiary alicyclic amines) is 1. The summed E-state index contributed by atoms with van der Waals surface area (Å²) in [5.74, 6) is 0.902. The summed E-state index contributed by atoms with van der Waals surface area (Å²) in [6.07, 6.45) is 1.97. The van der Waals surface area contributed by atoms with Crippen LogP contribution < -0.4 is 9.46 Å². The van der Waals surface area contributed by atoms with E-state index in [0.717, 1.165) is 32.1 Å². The lowest BCUT2D eigenvalue weighted by molar-refractivity contribution is 0.140. The highest BCUT2D eigenvalue weighted by Gasteiger charge is 2.22. The molecule has 1 aliphatic rings. The number of rotatable bonds is 7. The molecule has 1 heterocycles. The van der Waals surface area contributed by atoms with E-state index < -0.39 is 15.8 Å². The number of hydrogen-bond acceptors (Lipinski definition) is 4. The van der Waals surface area contributed by atoms with Gasteiger partial charge in [-0.05, 0) is 49.4 Å². The molecule has 5 nitrogen and oxygen atoms in total. The fourth-order valence-electron chi connectivity index (χ4n) is 3.42. The highest BCUT2D eigenvalue weighted by molar-refractivity contribution is 7.89. The third-order valence-electron chi connectivity index (χ3n) is 4.30. The van der Waals surface area contributed by atoms with Crippen LogP contribution in [0.2, 0.25) is 0 Å². The Hall–Kier alpha value is -1.18. The summed E-state index contributed by atoms with van der Waals surface area (Å²) in [4.78, 5) is 2.22. The van der Waals surface area contributed by atoms with Crippen LogP contribution in [0.4, 0.5) is 4.39 Å². The number of ether oxygens (including phenoxy) is 1. The van der Waals surface area contributed by atoms with E-state index in [1.807, 2.05) is 0 Å². The number of piperidine rings is 1. The first-order valence-corrected chi connectivity index (χ1v) is 9.85. The van der Waals surface area contributed by atoms with E-state index in [1.54, 1.807) is 0 Å². The maximum absolute atomic E-state index is 13.4. The third kappa shape index (κ3) is 5.16. The summed E-state index contributed by atoms with van der Waals surface area (Å²) >= 11 is 0. The van der Waals surface area contributed by atoms with Crippen molar-refractivity contribution < 1.29 is 17.5 Å². The molecule has 0 bridgehead atoms. The summed E-state index contributed by atoms with van der Waals surface area (Å²) in [7, 11) is -2.42. The standard InChI is InChI=1S/C17H27FN2O3S/c1-13-9-14(2)12-20(11-13)8-4-7-19-24(21,22)17-10-15(18)5-6-16(17)23-3/h5-6,10,13-14,19H,4,7-9,11-12H2,1-3H3/t13-,14-/m1/s1. The summed E-state index contributed by atoms with van der Waals surface area (Å²) < 4.78 is 45.6. The molecule has 7 heteroatoms. The van der Waals surface area contributed by atoms with E-state index in [0.29, 0.717) is 18.4 Å². The second-order valence-electron chi connectivity index (χ2n) is 6.75. The number of nitrogens with zero attached hydrogens (tertiary/aromatic N) is 1. The highest BCUT2D eigenvalue weighted by Crippen LogP contribution is 2.24. The van der Waals surface area contributed by atoms with E-state index in [1.165, 1.54) is 25.7 Å². The average Bonchev–Trinajstić information content (AvgIpc) is 2.50. The van der Waals surface area contributed by atoms with E-state index in [9.17, 15) is 12.8 Å². The van der Waals surface area contributed by atoms with Crippen molar-refractivity contribution in [3.05, 3.63) is 24.0 Å². The van der Waals surface area contributed by atoms with Gasteiger partial charge in [0.15, 0.2) is 0 Å². The molecule has 1 N–H and O–H groups in total. The topological polar surface area (TPSA) is 58.6 Å². The number of nitrogens with one attached hydrogen (secondary N) is 1. The Morgan fingerprint density at radius 2 is 1.96 bits per heavy atom. The predicted octanol–water partition coefficient (Wildman–Crippen LogP) is 2.48. The van der Waals surface area contributed by atoms with Crippen LogP contribution in [0.1, 0.15) is 26.7 Å². The molecular weight excluding hydrogens is 331 g/mol. The molecule has 2 rings (SSSR count). The van der Waals surface area contributed by atoms with Crippen LogP contribution in [0.3, 0.4) is 0 Å². The van der Waals surface area contributed by atoms with Gasteiger partial charge in [-0.1, -0.05) is 13.8 Å². The number of halogens is 1. The Morgan fingerprint density at radius 1 is 1.29 bits per heavy atom. The fourth-order valence-corrected chi connectivity index (χ4v) is 4.67. The molecule has 0 aromatic heterocycles. The quantitative estimate of drug-likeness (QED) is 0.761. The highest BCUT2D eigenvalue weighted by atomic mass is 32.2. The van der Waals surface area contributed by atoms with E-state index >= 15 is 0 Å². The fraction of sp³-hybridized carbons (Fsp3) is 0.647. The number of hydrogen-bond donors (Lipinski definition) is 1. The van der Waals surface area contributed by atoms with Gasteiger partial charge in [0.05, 0.1) is 7.11 Å². The summed E-state index contributed by atoms with van der Waals surface area (Å²) in [5, 5.41) is 0. The Balaban J connectivity index is 1.88. The second-order valence-corrected chi connectivity index (χ2v) is 8.49. The lowest BCUT2D eigenvalue weighted by atomic mass is 9.92. The summed E-state index contributed by atoms with van der Waals surface area (Å²) in [6, 6.07) is 3.48. The largest absolute Gasteiger partial charge is 0.495 e. The van der Waals surface area contributed by atoms with Crippen LogP contribution in [0.5, 0.6) is 5.75 Å². The van der Waals surface area contributed by atoms with Crippen LogP contribution in [0, 0.1) is 17.7 Å². The molecule has 1 fully saturated rings. The van der Waals surface area contributed by atoms with Gasteiger partial charge in [0.25, 0.3) is 0 Å². The van der Waals surface area contributed by atoms with Crippen LogP contribution in [-0.4, -0.2) is 46.6 Å². The minimum absolute atomic E-state index is 0.141. The van der Waals surface area contributed by atoms with Crippen molar-refractivity contribution in [1.29, 1.82) is 0 Å². The predicted molar refractivity (Wildman–Crippen MR) is 92.1 cm³/mol. The van der Waals surface area contributed by atoms with Crippen molar-refractivity contribution >= 4 is 10.0 Å². The third-order valence-corrected chi connectivity index (χ3v) is 5.79. The van der Waals surface area contributed by atoms with Crippen molar-refractivity contribution in [2.45, 2.75) is 31.6 Å². The maximum atomic E-state index is 13.4. The Labute approximate surface area is 144 Å². The van der Waals surface area contributed by atoms with Crippen LogP contribution >= 0.6 is 0 Å². The monoisotopic (exact) mass is 358 g/mol. The van der Waals surface area contributed by atoms with Crippen LogP contribution in [-0.2, 0) is 10.0 Å². The van der Waals surface area contributed by atoms with Gasteiger partial charge in [-0.25, -0.2) is 17.5 Å². The normalized spacial score (nSPS) is 22.5. The van der Waals surface area contributed by atoms with Crippen LogP contribution in [0.25, 0.3) is 0 Å². The lowest BCUT2D eigenvalue weighted by Gasteiger charge is -2.34.